The highest BCUT2D eigenvalue weighted by Gasteiger charge is 2.34. The Bertz CT molecular complexity index is 894. The van der Waals surface area contributed by atoms with Crippen molar-refractivity contribution in [3.63, 3.8) is 0 Å². The number of methoxy groups -OCH3 is 2. The van der Waals surface area contributed by atoms with Crippen molar-refractivity contribution in [2.45, 2.75) is 40.0 Å². The van der Waals surface area contributed by atoms with E-state index in [2.05, 4.69) is 26.1 Å². The van der Waals surface area contributed by atoms with Crippen molar-refractivity contribution in [2.24, 2.45) is 11.3 Å². The van der Waals surface area contributed by atoms with Crippen LogP contribution in [-0.4, -0.2) is 26.1 Å². The molecular weight excluding hydrogens is 374 g/mol. The Morgan fingerprint density at radius 3 is 2.54 bits per heavy atom. The molecule has 5 nitrogen and oxygen atoms in total. The van der Waals surface area contributed by atoms with Crippen LogP contribution in [0.3, 0.4) is 0 Å². The molecule has 1 aromatic heterocycles. The third-order valence-corrected chi connectivity index (χ3v) is 6.63. The molecule has 1 aliphatic rings. The lowest BCUT2D eigenvalue weighted by molar-refractivity contribution is 0.0600. The number of amides is 1. The van der Waals surface area contributed by atoms with Gasteiger partial charge in [-0.25, -0.2) is 4.79 Å². The van der Waals surface area contributed by atoms with Gasteiger partial charge in [-0.2, -0.15) is 0 Å². The van der Waals surface area contributed by atoms with Crippen molar-refractivity contribution in [1.29, 1.82) is 0 Å². The van der Waals surface area contributed by atoms with Crippen LogP contribution in [0.1, 0.15) is 58.3 Å². The summed E-state index contributed by atoms with van der Waals surface area (Å²) in [5.74, 6) is 0.339. The van der Waals surface area contributed by atoms with E-state index in [-0.39, 0.29) is 11.3 Å². The molecule has 0 bridgehead atoms. The summed E-state index contributed by atoms with van der Waals surface area (Å²) < 4.78 is 10.3. The molecule has 0 aliphatic heterocycles. The van der Waals surface area contributed by atoms with Gasteiger partial charge >= 0.3 is 5.97 Å². The summed E-state index contributed by atoms with van der Waals surface area (Å²) >= 11 is 1.49. The number of thiophene rings is 1. The second-order valence-corrected chi connectivity index (χ2v) is 9.26. The third-order valence-electron chi connectivity index (χ3n) is 5.46. The average Bonchev–Trinajstić information content (AvgIpc) is 3.03. The number of rotatable bonds is 4. The summed E-state index contributed by atoms with van der Waals surface area (Å²) in [7, 11) is 2.90. The van der Waals surface area contributed by atoms with E-state index in [0.29, 0.717) is 27.8 Å². The summed E-state index contributed by atoms with van der Waals surface area (Å²) in [4.78, 5) is 26.5. The molecule has 1 amide bonds. The van der Waals surface area contributed by atoms with Gasteiger partial charge in [-0.3, -0.25) is 4.79 Å². The topological polar surface area (TPSA) is 64.6 Å². The van der Waals surface area contributed by atoms with E-state index in [9.17, 15) is 9.59 Å². The van der Waals surface area contributed by atoms with Crippen LogP contribution in [0, 0.1) is 11.3 Å². The lowest BCUT2D eigenvalue weighted by Crippen LogP contribution is -2.26. The van der Waals surface area contributed by atoms with Crippen LogP contribution in [0.2, 0.25) is 0 Å². The maximum absolute atomic E-state index is 12.9. The van der Waals surface area contributed by atoms with Crippen LogP contribution in [0.5, 0.6) is 5.75 Å². The molecule has 0 fully saturated rings. The van der Waals surface area contributed by atoms with E-state index < -0.39 is 5.97 Å². The highest BCUT2D eigenvalue weighted by molar-refractivity contribution is 7.17. The van der Waals surface area contributed by atoms with E-state index >= 15 is 0 Å². The van der Waals surface area contributed by atoms with Gasteiger partial charge in [0, 0.05) is 4.88 Å². The van der Waals surface area contributed by atoms with Crippen LogP contribution in [-0.2, 0) is 17.6 Å². The van der Waals surface area contributed by atoms with Crippen molar-refractivity contribution in [3.05, 3.63) is 45.8 Å². The van der Waals surface area contributed by atoms with Gasteiger partial charge < -0.3 is 14.8 Å². The first-order chi connectivity index (χ1) is 13.3. The Labute approximate surface area is 170 Å². The number of benzene rings is 1. The largest absolute Gasteiger partial charge is 0.496 e. The van der Waals surface area contributed by atoms with Gasteiger partial charge in [0.05, 0.1) is 25.3 Å². The minimum atomic E-state index is -0.401. The fourth-order valence-corrected chi connectivity index (χ4v) is 5.04. The monoisotopic (exact) mass is 401 g/mol. The molecule has 1 N–H and O–H groups in total. The summed E-state index contributed by atoms with van der Waals surface area (Å²) in [5, 5.41) is 3.48. The van der Waals surface area contributed by atoms with Gasteiger partial charge in [0.15, 0.2) is 0 Å². The van der Waals surface area contributed by atoms with Gasteiger partial charge in [0.2, 0.25) is 0 Å². The molecule has 0 saturated carbocycles. The predicted molar refractivity (Wildman–Crippen MR) is 112 cm³/mol. The first-order valence-corrected chi connectivity index (χ1v) is 10.2. The van der Waals surface area contributed by atoms with Gasteiger partial charge in [0.1, 0.15) is 10.8 Å². The van der Waals surface area contributed by atoms with Crippen LogP contribution < -0.4 is 10.1 Å². The molecule has 2 aromatic rings. The van der Waals surface area contributed by atoms with E-state index in [1.807, 2.05) is 6.07 Å². The second kappa shape index (κ2) is 7.95. The summed E-state index contributed by atoms with van der Waals surface area (Å²) in [6.45, 7) is 6.76. The molecule has 0 spiro atoms. The molecule has 6 heteroatoms. The average molecular weight is 402 g/mol. The third kappa shape index (κ3) is 3.92. The van der Waals surface area contributed by atoms with E-state index in [4.69, 9.17) is 9.47 Å². The predicted octanol–water partition coefficient (Wildman–Crippen LogP) is 4.95. The lowest BCUT2D eigenvalue weighted by Gasteiger charge is -2.33. The van der Waals surface area contributed by atoms with Crippen LogP contribution in [0.15, 0.2) is 24.3 Å². The number of nitrogens with one attached hydrogen (secondary N) is 1. The van der Waals surface area contributed by atoms with Crippen molar-refractivity contribution in [3.8, 4) is 5.75 Å². The Hall–Kier alpha value is -2.34. The normalized spacial score (nSPS) is 16.2. The van der Waals surface area contributed by atoms with Crippen molar-refractivity contribution < 1.29 is 19.1 Å². The molecule has 150 valence electrons. The smallest absolute Gasteiger partial charge is 0.341 e. The SMILES string of the molecule is COC(=O)c1c(NC(=O)c2ccccc2OC)sc2c1CC[C@@H](C(C)(C)C)C2. The number of para-hydroxylation sites is 1. The molecule has 3 rings (SSSR count). The van der Waals surface area contributed by atoms with Gasteiger partial charge in [-0.1, -0.05) is 32.9 Å². The molecule has 0 saturated heterocycles. The quantitative estimate of drug-likeness (QED) is 0.737. The van der Waals surface area contributed by atoms with Gasteiger partial charge in [-0.05, 0) is 48.3 Å². The van der Waals surface area contributed by atoms with Gasteiger partial charge in [0.25, 0.3) is 5.91 Å². The Morgan fingerprint density at radius 1 is 1.18 bits per heavy atom. The standard InChI is InChI=1S/C22H27NO4S/c1-22(2,3)13-10-11-15-17(12-13)28-20(18(15)21(25)27-5)23-19(24)14-8-6-7-9-16(14)26-4/h6-9,13H,10-12H2,1-5H3,(H,23,24)/t13-/m1/s1. The first-order valence-electron chi connectivity index (χ1n) is 9.43. The number of hydrogen-bond donors (Lipinski definition) is 1. The van der Waals surface area contributed by atoms with E-state index in [1.54, 1.807) is 18.2 Å². The summed E-state index contributed by atoms with van der Waals surface area (Å²) in [6.07, 6.45) is 2.76. The maximum atomic E-state index is 12.9. The number of anilines is 1. The second-order valence-electron chi connectivity index (χ2n) is 8.16. The zero-order valence-corrected chi connectivity index (χ0v) is 17.9. The van der Waals surface area contributed by atoms with Gasteiger partial charge in [-0.15, -0.1) is 11.3 Å². The molecule has 1 atom stereocenters. The summed E-state index contributed by atoms with van der Waals surface area (Å²) in [6, 6.07) is 7.04. The highest BCUT2D eigenvalue weighted by Crippen LogP contribution is 2.44. The number of ether oxygens (including phenoxy) is 2. The molecule has 28 heavy (non-hydrogen) atoms. The number of carbonyl (C=O) groups is 2. The molecule has 0 radical (unpaired) electrons. The van der Waals surface area contributed by atoms with E-state index in [1.165, 1.54) is 30.4 Å². The number of hydrogen-bond acceptors (Lipinski definition) is 5. The maximum Gasteiger partial charge on any atom is 0.341 e. The minimum Gasteiger partial charge on any atom is -0.496 e. The fourth-order valence-electron chi connectivity index (χ4n) is 3.73. The number of carbonyl (C=O) groups excluding carboxylic acids is 2. The molecule has 0 unspecified atom stereocenters. The van der Waals surface area contributed by atoms with Crippen molar-refractivity contribution in [2.75, 3.05) is 19.5 Å². The first kappa shape index (κ1) is 20.4. The fraction of sp³-hybridized carbons (Fsp3) is 0.455. The zero-order valence-electron chi connectivity index (χ0n) is 17.0. The Balaban J connectivity index is 1.96. The number of esters is 1. The molecule has 1 heterocycles. The lowest BCUT2D eigenvalue weighted by atomic mass is 9.72. The molecular formula is C22H27NO4S. The minimum absolute atomic E-state index is 0.202. The zero-order chi connectivity index (χ0) is 20.5. The molecule has 1 aromatic carbocycles. The Morgan fingerprint density at radius 2 is 1.89 bits per heavy atom. The highest BCUT2D eigenvalue weighted by atomic mass is 32.1. The number of fused-ring (bicyclic) bond motifs is 1. The van der Waals surface area contributed by atoms with Crippen LogP contribution in [0.4, 0.5) is 5.00 Å². The summed E-state index contributed by atoms with van der Waals surface area (Å²) in [5.41, 5.74) is 2.15. The van der Waals surface area contributed by atoms with Crippen LogP contribution >= 0.6 is 11.3 Å². The molecule has 1 aliphatic carbocycles. The Kier molecular flexibility index (Phi) is 5.79. The van der Waals surface area contributed by atoms with E-state index in [0.717, 1.165) is 24.8 Å². The van der Waals surface area contributed by atoms with Crippen molar-refractivity contribution in [1.82, 2.24) is 0 Å². The van der Waals surface area contributed by atoms with Crippen molar-refractivity contribution >= 4 is 28.2 Å². The van der Waals surface area contributed by atoms with Crippen LogP contribution in [0.25, 0.3) is 0 Å².